The van der Waals surface area contributed by atoms with E-state index in [-0.39, 0.29) is 11.7 Å². The molecule has 0 bridgehead atoms. The normalized spacial score (nSPS) is 22.1. The van der Waals surface area contributed by atoms with E-state index in [4.69, 9.17) is 4.42 Å². The van der Waals surface area contributed by atoms with E-state index < -0.39 is 5.41 Å². The molecule has 2 heterocycles. The highest BCUT2D eigenvalue weighted by Crippen LogP contribution is 2.38. The van der Waals surface area contributed by atoms with Gasteiger partial charge in [0.1, 0.15) is 17.2 Å². The first-order chi connectivity index (χ1) is 17.0. The van der Waals surface area contributed by atoms with Crippen LogP contribution in [0.15, 0.2) is 59.2 Å². The van der Waals surface area contributed by atoms with Gasteiger partial charge < -0.3 is 9.32 Å². The summed E-state index contributed by atoms with van der Waals surface area (Å²) in [5, 5.41) is 0.848. The second-order valence-electron chi connectivity index (χ2n) is 11.0. The molecule has 1 saturated carbocycles. The Bertz CT molecular complexity index is 1130. The van der Waals surface area contributed by atoms with E-state index in [0.29, 0.717) is 11.7 Å². The third kappa shape index (κ3) is 5.23. The van der Waals surface area contributed by atoms with Gasteiger partial charge in [0.15, 0.2) is 0 Å². The number of likely N-dealkylation sites (tertiary alicyclic amines) is 1. The number of carbonyl (C=O) groups is 1. The molecule has 2 unspecified atom stereocenters. The Morgan fingerprint density at radius 2 is 1.80 bits per heavy atom. The summed E-state index contributed by atoms with van der Waals surface area (Å²) in [6, 6.07) is 15.5. The fraction of sp³-hybridized carbons (Fsp3) is 0.516. The fourth-order valence-corrected chi connectivity index (χ4v) is 6.48. The molecule has 3 aromatic rings. The second kappa shape index (κ2) is 10.7. The van der Waals surface area contributed by atoms with Crippen LogP contribution >= 0.6 is 0 Å². The molecule has 4 heteroatoms. The summed E-state index contributed by atoms with van der Waals surface area (Å²) in [6.07, 6.45) is 11.3. The average molecular weight is 476 g/mol. The van der Waals surface area contributed by atoms with Crippen LogP contribution in [0, 0.1) is 11.7 Å². The summed E-state index contributed by atoms with van der Waals surface area (Å²) in [5.74, 6) is 0.755. The number of hydrogen-bond acceptors (Lipinski definition) is 3. The van der Waals surface area contributed by atoms with E-state index in [0.717, 1.165) is 80.3 Å². The van der Waals surface area contributed by atoms with Crippen LogP contribution in [0.3, 0.4) is 0 Å². The highest BCUT2D eigenvalue weighted by Gasteiger charge is 2.39. The van der Waals surface area contributed by atoms with Crippen LogP contribution in [0.25, 0.3) is 11.0 Å². The van der Waals surface area contributed by atoms with Gasteiger partial charge in [-0.3, -0.25) is 4.79 Å². The van der Waals surface area contributed by atoms with Crippen LogP contribution in [-0.2, 0) is 10.2 Å². The van der Waals surface area contributed by atoms with E-state index >= 15 is 0 Å². The minimum Gasteiger partial charge on any atom is -0.464 e. The smallest absolute Gasteiger partial charge is 0.146 e. The molecular weight excluding hydrogens is 437 g/mol. The average Bonchev–Trinajstić information content (AvgIpc) is 3.24. The van der Waals surface area contributed by atoms with Crippen LogP contribution in [0.5, 0.6) is 0 Å². The van der Waals surface area contributed by atoms with Gasteiger partial charge >= 0.3 is 0 Å². The van der Waals surface area contributed by atoms with Crippen molar-refractivity contribution in [3.63, 3.8) is 0 Å². The molecule has 186 valence electrons. The molecule has 0 spiro atoms. The Morgan fingerprint density at radius 1 is 1.00 bits per heavy atom. The molecule has 1 aliphatic heterocycles. The zero-order chi connectivity index (χ0) is 24.3. The Kier molecular flexibility index (Phi) is 7.38. The van der Waals surface area contributed by atoms with Crippen molar-refractivity contribution in [3.05, 3.63) is 71.7 Å². The molecule has 0 N–H and O–H groups in total. The third-order valence-electron chi connectivity index (χ3n) is 8.66. The molecule has 5 rings (SSSR count). The lowest BCUT2D eigenvalue weighted by Crippen LogP contribution is -2.41. The highest BCUT2D eigenvalue weighted by atomic mass is 19.1. The van der Waals surface area contributed by atoms with E-state index in [1.54, 1.807) is 18.4 Å². The van der Waals surface area contributed by atoms with Crippen molar-refractivity contribution in [2.45, 2.75) is 76.0 Å². The fourth-order valence-electron chi connectivity index (χ4n) is 6.48. The maximum absolute atomic E-state index is 14.3. The van der Waals surface area contributed by atoms with Gasteiger partial charge in [-0.25, -0.2) is 4.39 Å². The highest BCUT2D eigenvalue weighted by molar-refractivity contribution is 5.91. The number of halogens is 1. The number of ketones is 1. The molecule has 2 atom stereocenters. The Balaban J connectivity index is 1.29. The van der Waals surface area contributed by atoms with Crippen LogP contribution in [-0.4, -0.2) is 30.3 Å². The minimum atomic E-state index is -0.447. The summed E-state index contributed by atoms with van der Waals surface area (Å²) in [4.78, 5) is 16.4. The lowest BCUT2D eigenvalue weighted by Gasteiger charge is -2.35. The molecule has 1 aromatic heterocycles. The monoisotopic (exact) mass is 475 g/mol. The summed E-state index contributed by atoms with van der Waals surface area (Å²) in [7, 11) is 0. The van der Waals surface area contributed by atoms with Crippen molar-refractivity contribution in [1.29, 1.82) is 0 Å². The quantitative estimate of drug-likeness (QED) is 0.352. The van der Waals surface area contributed by atoms with Crippen molar-refractivity contribution >= 4 is 16.8 Å². The number of rotatable bonds is 7. The maximum atomic E-state index is 14.3. The molecule has 2 aromatic carbocycles. The topological polar surface area (TPSA) is 33.5 Å². The van der Waals surface area contributed by atoms with E-state index in [1.807, 2.05) is 12.1 Å². The van der Waals surface area contributed by atoms with Crippen molar-refractivity contribution < 1.29 is 13.6 Å². The zero-order valence-electron chi connectivity index (χ0n) is 21.0. The predicted octanol–water partition coefficient (Wildman–Crippen LogP) is 7.64. The molecule has 0 amide bonds. The number of carbonyl (C=O) groups excluding carboxylic acids is 1. The first-order valence-corrected chi connectivity index (χ1v) is 13.5. The van der Waals surface area contributed by atoms with Gasteiger partial charge in [-0.05, 0) is 94.8 Å². The van der Waals surface area contributed by atoms with E-state index in [1.165, 1.54) is 19.3 Å². The summed E-state index contributed by atoms with van der Waals surface area (Å²) in [6.45, 7) is 5.08. The number of Topliss-reactive ketones (excluding diaryl/α,β-unsaturated/α-hetero) is 1. The summed E-state index contributed by atoms with van der Waals surface area (Å²) in [5.41, 5.74) is 2.55. The van der Waals surface area contributed by atoms with Crippen LogP contribution in [0.1, 0.15) is 81.8 Å². The standard InChI is InChI=1S/C31H38FNO2/c1-31(26-12-6-3-7-13-26,30(34)24-9-4-2-5-10-24)16-19-33-17-8-11-23(14-18-33)28-22-27(32)21-25-15-20-35-29(25)28/h3,6-7,12-13,15,20-24H,2,4-5,8-11,14,16-19H2,1H3. The minimum absolute atomic E-state index is 0.185. The summed E-state index contributed by atoms with van der Waals surface area (Å²) < 4.78 is 20.0. The van der Waals surface area contributed by atoms with Gasteiger partial charge in [-0.15, -0.1) is 0 Å². The van der Waals surface area contributed by atoms with Gasteiger partial charge in [0.25, 0.3) is 0 Å². The number of nitrogens with zero attached hydrogens (tertiary/aromatic N) is 1. The Hall–Kier alpha value is -2.46. The van der Waals surface area contributed by atoms with Crippen LogP contribution in [0.2, 0.25) is 0 Å². The lowest BCUT2D eigenvalue weighted by molar-refractivity contribution is -0.129. The molecule has 0 radical (unpaired) electrons. The van der Waals surface area contributed by atoms with Crippen molar-refractivity contribution in [3.8, 4) is 0 Å². The van der Waals surface area contributed by atoms with Gasteiger partial charge in [-0.1, -0.05) is 49.6 Å². The van der Waals surface area contributed by atoms with Crippen molar-refractivity contribution in [2.75, 3.05) is 19.6 Å². The molecule has 2 fully saturated rings. The van der Waals surface area contributed by atoms with Crippen LogP contribution < -0.4 is 0 Å². The van der Waals surface area contributed by atoms with Gasteiger partial charge in [0.05, 0.1) is 11.7 Å². The Morgan fingerprint density at radius 3 is 2.60 bits per heavy atom. The molecule has 1 aliphatic carbocycles. The Labute approximate surface area is 208 Å². The first kappa shape index (κ1) is 24.2. The molecule has 3 nitrogen and oxygen atoms in total. The SMILES string of the molecule is CC(CCN1CCCC(c2cc(F)cc3ccoc23)CC1)(C(=O)C1CCCCC1)c1ccccc1. The molecule has 1 saturated heterocycles. The number of hydrogen-bond donors (Lipinski definition) is 0. The van der Waals surface area contributed by atoms with Crippen LogP contribution in [0.4, 0.5) is 4.39 Å². The first-order valence-electron chi connectivity index (χ1n) is 13.5. The zero-order valence-corrected chi connectivity index (χ0v) is 21.0. The lowest BCUT2D eigenvalue weighted by atomic mass is 9.69. The molecular formula is C31H38FNO2. The van der Waals surface area contributed by atoms with Gasteiger partial charge in [-0.2, -0.15) is 0 Å². The van der Waals surface area contributed by atoms with E-state index in [9.17, 15) is 9.18 Å². The summed E-state index contributed by atoms with van der Waals surface area (Å²) >= 11 is 0. The maximum Gasteiger partial charge on any atom is 0.146 e. The second-order valence-corrected chi connectivity index (χ2v) is 11.0. The number of benzene rings is 2. The predicted molar refractivity (Wildman–Crippen MR) is 139 cm³/mol. The van der Waals surface area contributed by atoms with Crippen molar-refractivity contribution in [1.82, 2.24) is 4.90 Å². The van der Waals surface area contributed by atoms with Gasteiger partial charge in [0, 0.05) is 16.9 Å². The number of fused-ring (bicyclic) bond motifs is 1. The van der Waals surface area contributed by atoms with E-state index in [2.05, 4.69) is 36.1 Å². The van der Waals surface area contributed by atoms with Gasteiger partial charge in [0.2, 0.25) is 0 Å². The van der Waals surface area contributed by atoms with Crippen molar-refractivity contribution in [2.24, 2.45) is 5.92 Å². The number of furan rings is 1. The third-order valence-corrected chi connectivity index (χ3v) is 8.66. The largest absolute Gasteiger partial charge is 0.464 e. The molecule has 2 aliphatic rings. The molecule has 35 heavy (non-hydrogen) atoms.